The summed E-state index contributed by atoms with van der Waals surface area (Å²) < 4.78 is 10.2. The number of ketones is 1. The number of amides is 1. The molecule has 8 heteroatoms. The molecule has 144 valence electrons. The summed E-state index contributed by atoms with van der Waals surface area (Å²) in [5.74, 6) is -2.04. The number of Topliss-reactive ketones (excluding diaryl/α,β-unsaturated/α-hetero) is 1. The number of hydrogen-bond acceptors (Lipinski definition) is 6. The Balaban J connectivity index is 1.63. The van der Waals surface area contributed by atoms with E-state index in [2.05, 4.69) is 10.6 Å². The highest BCUT2D eigenvalue weighted by atomic mass is 35.5. The molecule has 7 nitrogen and oxygen atoms in total. The van der Waals surface area contributed by atoms with E-state index in [0.717, 1.165) is 5.56 Å². The Morgan fingerprint density at radius 1 is 1.18 bits per heavy atom. The van der Waals surface area contributed by atoms with Crippen LogP contribution in [0.3, 0.4) is 0 Å². The van der Waals surface area contributed by atoms with Crippen molar-refractivity contribution >= 4 is 40.6 Å². The Labute approximate surface area is 166 Å². The number of carbonyl (C=O) groups excluding carboxylic acids is 3. The van der Waals surface area contributed by atoms with Crippen LogP contribution >= 0.6 is 11.6 Å². The summed E-state index contributed by atoms with van der Waals surface area (Å²) in [5.41, 5.74) is 1.73. The number of ether oxygens (including phenoxy) is 2. The van der Waals surface area contributed by atoms with Crippen molar-refractivity contribution in [3.05, 3.63) is 70.6 Å². The molecule has 0 spiro atoms. The zero-order chi connectivity index (χ0) is 20.1. The number of nitrogens with one attached hydrogen (secondary N) is 2. The quantitative estimate of drug-likeness (QED) is 0.571. The number of esters is 1. The number of rotatable bonds is 6. The van der Waals surface area contributed by atoms with E-state index in [1.165, 1.54) is 0 Å². The molecule has 0 fully saturated rings. The molecule has 2 aromatic rings. The first kappa shape index (κ1) is 19.4. The molecule has 0 aliphatic carbocycles. The number of halogens is 1. The van der Waals surface area contributed by atoms with Gasteiger partial charge in [0.2, 0.25) is 11.7 Å². The van der Waals surface area contributed by atoms with Crippen LogP contribution in [0.5, 0.6) is 0 Å². The average molecular weight is 401 g/mol. The predicted octanol–water partition coefficient (Wildman–Crippen LogP) is 3.05. The van der Waals surface area contributed by atoms with Crippen molar-refractivity contribution in [1.29, 1.82) is 0 Å². The zero-order valence-electron chi connectivity index (χ0n) is 15.0. The van der Waals surface area contributed by atoms with Crippen molar-refractivity contribution in [3.63, 3.8) is 0 Å². The second-order valence-corrected chi connectivity index (χ2v) is 6.42. The molecule has 0 unspecified atom stereocenters. The average Bonchev–Trinajstić information content (AvgIpc) is 3.03. The van der Waals surface area contributed by atoms with Gasteiger partial charge < -0.3 is 20.1 Å². The van der Waals surface area contributed by atoms with Gasteiger partial charge in [-0.05, 0) is 36.8 Å². The monoisotopic (exact) mass is 400 g/mol. The lowest BCUT2D eigenvalue weighted by Crippen LogP contribution is -2.24. The van der Waals surface area contributed by atoms with Gasteiger partial charge >= 0.3 is 5.97 Å². The zero-order valence-corrected chi connectivity index (χ0v) is 15.7. The number of aryl methyl sites for hydroxylation is 1. The van der Waals surface area contributed by atoms with Crippen molar-refractivity contribution < 1.29 is 23.9 Å². The molecular formula is C20H17ClN2O5. The SMILES string of the molecule is Cc1ccc(NC(=O)COC(=O)C2=C(Nc3ccccc3)OCC2=O)c(Cl)c1. The lowest BCUT2D eigenvalue weighted by atomic mass is 10.2. The third-order valence-electron chi connectivity index (χ3n) is 3.82. The molecular weight excluding hydrogens is 384 g/mol. The molecule has 0 saturated carbocycles. The highest BCUT2D eigenvalue weighted by Gasteiger charge is 2.32. The fourth-order valence-electron chi connectivity index (χ4n) is 2.48. The number of carbonyl (C=O) groups is 3. The summed E-state index contributed by atoms with van der Waals surface area (Å²) in [5, 5.41) is 5.78. The standard InChI is InChI=1S/C20H17ClN2O5/c1-12-7-8-15(14(21)9-12)23-17(25)11-28-20(26)18-16(24)10-27-19(18)22-13-5-3-2-4-6-13/h2-9,22H,10-11H2,1H3,(H,23,25). The highest BCUT2D eigenvalue weighted by molar-refractivity contribution is 6.33. The highest BCUT2D eigenvalue weighted by Crippen LogP contribution is 2.23. The van der Waals surface area contributed by atoms with Crippen molar-refractivity contribution in [3.8, 4) is 0 Å². The van der Waals surface area contributed by atoms with E-state index in [4.69, 9.17) is 21.1 Å². The van der Waals surface area contributed by atoms with E-state index in [1.54, 1.807) is 42.5 Å². The molecule has 0 saturated heterocycles. The topological polar surface area (TPSA) is 93.7 Å². The molecule has 1 aliphatic heterocycles. The van der Waals surface area contributed by atoms with Crippen LogP contribution in [0.25, 0.3) is 0 Å². The van der Waals surface area contributed by atoms with Gasteiger partial charge in [0.05, 0.1) is 10.7 Å². The maximum atomic E-state index is 12.3. The minimum atomic E-state index is -0.939. The normalized spacial score (nSPS) is 13.1. The molecule has 0 bridgehead atoms. The lowest BCUT2D eigenvalue weighted by molar-refractivity contribution is -0.144. The van der Waals surface area contributed by atoms with E-state index in [1.807, 2.05) is 13.0 Å². The van der Waals surface area contributed by atoms with Crippen molar-refractivity contribution in [1.82, 2.24) is 0 Å². The first-order chi connectivity index (χ1) is 13.4. The molecule has 1 heterocycles. The van der Waals surface area contributed by atoms with Gasteiger partial charge in [0, 0.05) is 5.69 Å². The van der Waals surface area contributed by atoms with Crippen LogP contribution in [0.4, 0.5) is 11.4 Å². The molecule has 0 radical (unpaired) electrons. The smallest absolute Gasteiger partial charge is 0.347 e. The van der Waals surface area contributed by atoms with E-state index < -0.39 is 24.3 Å². The van der Waals surface area contributed by atoms with Gasteiger partial charge in [-0.3, -0.25) is 9.59 Å². The molecule has 2 aromatic carbocycles. The molecule has 0 aromatic heterocycles. The summed E-state index contributed by atoms with van der Waals surface area (Å²) in [7, 11) is 0. The molecule has 3 rings (SSSR count). The van der Waals surface area contributed by atoms with Crippen LogP contribution in [-0.2, 0) is 23.9 Å². The van der Waals surface area contributed by atoms with Gasteiger partial charge in [-0.15, -0.1) is 0 Å². The van der Waals surface area contributed by atoms with Gasteiger partial charge in [0.1, 0.15) is 0 Å². The maximum absolute atomic E-state index is 12.3. The molecule has 28 heavy (non-hydrogen) atoms. The Bertz CT molecular complexity index is 956. The van der Waals surface area contributed by atoms with Crippen LogP contribution in [0.1, 0.15) is 5.56 Å². The van der Waals surface area contributed by atoms with Gasteiger partial charge in [-0.1, -0.05) is 35.9 Å². The first-order valence-corrected chi connectivity index (χ1v) is 8.77. The Morgan fingerprint density at radius 3 is 2.64 bits per heavy atom. The van der Waals surface area contributed by atoms with E-state index in [0.29, 0.717) is 16.4 Å². The number of benzene rings is 2. The Morgan fingerprint density at radius 2 is 1.93 bits per heavy atom. The number of hydrogen-bond donors (Lipinski definition) is 2. The first-order valence-electron chi connectivity index (χ1n) is 8.39. The third kappa shape index (κ3) is 4.69. The van der Waals surface area contributed by atoms with E-state index >= 15 is 0 Å². The van der Waals surface area contributed by atoms with Crippen molar-refractivity contribution in [2.45, 2.75) is 6.92 Å². The van der Waals surface area contributed by atoms with Crippen LogP contribution in [0, 0.1) is 6.92 Å². The number of anilines is 2. The van der Waals surface area contributed by atoms with Crippen LogP contribution in [0.15, 0.2) is 60.0 Å². The summed E-state index contributed by atoms with van der Waals surface area (Å²) >= 11 is 6.06. The van der Waals surface area contributed by atoms with Crippen molar-refractivity contribution in [2.75, 3.05) is 23.8 Å². The fraction of sp³-hybridized carbons (Fsp3) is 0.150. The molecule has 0 atom stereocenters. The van der Waals surface area contributed by atoms with Gasteiger partial charge in [0.15, 0.2) is 18.8 Å². The lowest BCUT2D eigenvalue weighted by Gasteiger charge is -2.10. The Kier molecular flexibility index (Phi) is 5.96. The third-order valence-corrected chi connectivity index (χ3v) is 4.14. The summed E-state index contributed by atoms with van der Waals surface area (Å²) in [6.45, 7) is 1.03. The van der Waals surface area contributed by atoms with Crippen LogP contribution in [0.2, 0.25) is 5.02 Å². The van der Waals surface area contributed by atoms with E-state index in [-0.39, 0.29) is 18.1 Å². The minimum absolute atomic E-state index is 0.00295. The van der Waals surface area contributed by atoms with Crippen LogP contribution < -0.4 is 10.6 Å². The minimum Gasteiger partial charge on any atom is -0.470 e. The fourth-order valence-corrected chi connectivity index (χ4v) is 2.76. The maximum Gasteiger partial charge on any atom is 0.347 e. The number of para-hydroxylation sites is 1. The Hall–Kier alpha value is -3.32. The van der Waals surface area contributed by atoms with Gasteiger partial charge in [-0.2, -0.15) is 0 Å². The van der Waals surface area contributed by atoms with Crippen molar-refractivity contribution in [2.24, 2.45) is 0 Å². The van der Waals surface area contributed by atoms with Crippen LogP contribution in [-0.4, -0.2) is 30.9 Å². The largest absolute Gasteiger partial charge is 0.470 e. The summed E-state index contributed by atoms with van der Waals surface area (Å²) in [6.07, 6.45) is 0. The second kappa shape index (κ2) is 8.58. The predicted molar refractivity (Wildman–Crippen MR) is 104 cm³/mol. The van der Waals surface area contributed by atoms with E-state index in [9.17, 15) is 14.4 Å². The molecule has 1 aliphatic rings. The van der Waals surface area contributed by atoms with Gasteiger partial charge in [0.25, 0.3) is 5.91 Å². The van der Waals surface area contributed by atoms with Gasteiger partial charge in [-0.25, -0.2) is 4.79 Å². The molecule has 2 N–H and O–H groups in total. The molecule has 1 amide bonds. The summed E-state index contributed by atoms with van der Waals surface area (Å²) in [6, 6.07) is 14.0. The second-order valence-electron chi connectivity index (χ2n) is 6.01. The summed E-state index contributed by atoms with van der Waals surface area (Å²) in [4.78, 5) is 36.3.